The lowest BCUT2D eigenvalue weighted by molar-refractivity contribution is -0.413. The average Bonchev–Trinajstić information content (AvgIpc) is 2.11. The van der Waals surface area contributed by atoms with Crippen molar-refractivity contribution in [3.8, 4) is 0 Å². The molecular formula is C5H13N2O2S+. The highest BCUT2D eigenvalue weighted by Gasteiger charge is 2.27. The topological polar surface area (TPSA) is 65.0 Å². The molecule has 1 atom stereocenters. The first-order valence-electron chi connectivity index (χ1n) is 3.28. The lowest BCUT2D eigenvalue weighted by Crippen LogP contribution is -2.62. The molecule has 0 saturated carbocycles. The van der Waals surface area contributed by atoms with E-state index in [9.17, 15) is 8.42 Å². The molecule has 0 aromatic heterocycles. The Bertz CT molecular complexity index is 212. The molecule has 1 aliphatic rings. The monoisotopic (exact) mass is 165 g/mol. The van der Waals surface area contributed by atoms with E-state index in [0.29, 0.717) is 13.1 Å². The molecule has 4 nitrogen and oxygen atoms in total. The molecular weight excluding hydrogens is 152 g/mol. The minimum atomic E-state index is -2.94. The van der Waals surface area contributed by atoms with E-state index in [2.05, 4.69) is 5.73 Å². The van der Waals surface area contributed by atoms with Crippen molar-refractivity contribution in [3.63, 3.8) is 0 Å². The summed E-state index contributed by atoms with van der Waals surface area (Å²) in [5, 5.41) is 0. The normalized spacial score (nSPS) is 29.2. The third-order valence-electron chi connectivity index (χ3n) is 1.72. The summed E-state index contributed by atoms with van der Waals surface area (Å²) in [4.78, 5) is 0. The Morgan fingerprint density at radius 1 is 1.60 bits per heavy atom. The van der Waals surface area contributed by atoms with Gasteiger partial charge in [-0.2, -0.15) is 4.31 Å². The van der Waals surface area contributed by atoms with Gasteiger partial charge in [0.2, 0.25) is 10.0 Å². The molecule has 1 saturated heterocycles. The average molecular weight is 165 g/mol. The first-order valence-corrected chi connectivity index (χ1v) is 5.13. The number of hydrogen-bond acceptors (Lipinski definition) is 2. The molecule has 1 fully saturated rings. The minimum Gasteiger partial charge on any atom is -0.354 e. The molecule has 1 rings (SSSR count). The van der Waals surface area contributed by atoms with E-state index in [1.54, 1.807) is 0 Å². The van der Waals surface area contributed by atoms with Crippen LogP contribution < -0.4 is 5.73 Å². The summed E-state index contributed by atoms with van der Waals surface area (Å²) in [7, 11) is -2.94. The molecule has 0 radical (unpaired) electrons. The van der Waals surface area contributed by atoms with Crippen LogP contribution in [0.2, 0.25) is 0 Å². The van der Waals surface area contributed by atoms with Crippen molar-refractivity contribution in [1.29, 1.82) is 0 Å². The molecule has 10 heavy (non-hydrogen) atoms. The Balaban J connectivity index is 2.62. The largest absolute Gasteiger partial charge is 0.354 e. The maximum Gasteiger partial charge on any atom is 0.211 e. The first kappa shape index (κ1) is 7.97. The Hall–Kier alpha value is -0.130. The Morgan fingerprint density at radius 2 is 2.20 bits per heavy atom. The van der Waals surface area contributed by atoms with Crippen molar-refractivity contribution in [1.82, 2.24) is 4.31 Å². The quantitative estimate of drug-likeness (QED) is 0.501. The molecule has 5 heteroatoms. The summed E-state index contributed by atoms with van der Waals surface area (Å²) < 4.78 is 23.2. The predicted octanol–water partition coefficient (Wildman–Crippen LogP) is -1.74. The molecule has 0 aromatic carbocycles. The van der Waals surface area contributed by atoms with Crippen LogP contribution >= 0.6 is 0 Å². The number of quaternary nitrogens is 1. The van der Waals surface area contributed by atoms with Crippen LogP contribution in [0, 0.1) is 0 Å². The van der Waals surface area contributed by atoms with Gasteiger partial charge < -0.3 is 5.73 Å². The van der Waals surface area contributed by atoms with E-state index in [1.807, 2.05) is 0 Å². The van der Waals surface area contributed by atoms with Gasteiger partial charge >= 0.3 is 0 Å². The van der Waals surface area contributed by atoms with Crippen LogP contribution in [0.4, 0.5) is 0 Å². The number of rotatable bonds is 1. The van der Waals surface area contributed by atoms with Gasteiger partial charge in [-0.25, -0.2) is 8.42 Å². The molecule has 0 aromatic rings. The fourth-order valence-electron chi connectivity index (χ4n) is 1.10. The van der Waals surface area contributed by atoms with Crippen LogP contribution in [-0.2, 0) is 10.0 Å². The minimum absolute atomic E-state index is 0.287. The molecule has 1 heterocycles. The number of sulfonamides is 1. The third kappa shape index (κ3) is 1.68. The summed E-state index contributed by atoms with van der Waals surface area (Å²) in [5.74, 6) is 0. The molecule has 0 amide bonds. The van der Waals surface area contributed by atoms with Gasteiger partial charge in [-0.05, 0) is 0 Å². The van der Waals surface area contributed by atoms with Crippen LogP contribution in [0.25, 0.3) is 0 Å². The van der Waals surface area contributed by atoms with E-state index in [4.69, 9.17) is 0 Å². The molecule has 0 unspecified atom stereocenters. The SMILES string of the molecule is CS(=O)(=O)N1CC[C@@H]([NH3+])C1. The van der Waals surface area contributed by atoms with Gasteiger partial charge in [-0.15, -0.1) is 0 Å². The Labute approximate surface area is 61.1 Å². The fraction of sp³-hybridized carbons (Fsp3) is 1.00. The summed E-state index contributed by atoms with van der Waals surface area (Å²) in [6.07, 6.45) is 2.14. The smallest absolute Gasteiger partial charge is 0.211 e. The van der Waals surface area contributed by atoms with Crippen molar-refractivity contribution in [3.05, 3.63) is 0 Å². The van der Waals surface area contributed by atoms with Crippen molar-refractivity contribution in [2.75, 3.05) is 19.3 Å². The highest BCUT2D eigenvalue weighted by Crippen LogP contribution is 2.08. The number of hydrogen-bond donors (Lipinski definition) is 1. The van der Waals surface area contributed by atoms with Crippen molar-refractivity contribution >= 4 is 10.0 Å². The highest BCUT2D eigenvalue weighted by molar-refractivity contribution is 7.88. The molecule has 0 spiro atoms. The maximum atomic E-state index is 10.9. The van der Waals surface area contributed by atoms with Crippen molar-refractivity contribution < 1.29 is 14.2 Å². The second kappa shape index (κ2) is 2.48. The zero-order valence-electron chi connectivity index (χ0n) is 6.08. The molecule has 1 aliphatic heterocycles. The molecule has 3 N–H and O–H groups in total. The second-order valence-corrected chi connectivity index (χ2v) is 4.76. The van der Waals surface area contributed by atoms with Crippen molar-refractivity contribution in [2.45, 2.75) is 12.5 Å². The van der Waals surface area contributed by atoms with Crippen LogP contribution in [-0.4, -0.2) is 38.1 Å². The second-order valence-electron chi connectivity index (χ2n) is 2.78. The summed E-state index contributed by atoms with van der Waals surface area (Å²) in [5.41, 5.74) is 3.80. The van der Waals surface area contributed by atoms with Crippen LogP contribution in [0.1, 0.15) is 6.42 Å². The van der Waals surface area contributed by atoms with Crippen LogP contribution in [0.3, 0.4) is 0 Å². The summed E-state index contributed by atoms with van der Waals surface area (Å²) >= 11 is 0. The van der Waals surface area contributed by atoms with E-state index >= 15 is 0 Å². The predicted molar refractivity (Wildman–Crippen MR) is 37.7 cm³/mol. The Morgan fingerprint density at radius 3 is 2.40 bits per heavy atom. The zero-order chi connectivity index (χ0) is 7.78. The van der Waals surface area contributed by atoms with Gasteiger partial charge in [0.25, 0.3) is 0 Å². The van der Waals surface area contributed by atoms with Crippen LogP contribution in [0.5, 0.6) is 0 Å². The molecule has 60 valence electrons. The number of nitrogens with zero attached hydrogens (tertiary/aromatic N) is 1. The van der Waals surface area contributed by atoms with Crippen LogP contribution in [0.15, 0.2) is 0 Å². The maximum absolute atomic E-state index is 10.9. The van der Waals surface area contributed by atoms with Gasteiger partial charge in [0.15, 0.2) is 0 Å². The summed E-state index contributed by atoms with van der Waals surface area (Å²) in [6, 6.07) is 0.287. The van der Waals surface area contributed by atoms with Crippen molar-refractivity contribution in [2.24, 2.45) is 0 Å². The van der Waals surface area contributed by atoms with Gasteiger partial charge in [-0.3, -0.25) is 0 Å². The lowest BCUT2D eigenvalue weighted by Gasteiger charge is -2.09. The van der Waals surface area contributed by atoms with E-state index in [1.165, 1.54) is 10.6 Å². The highest BCUT2D eigenvalue weighted by atomic mass is 32.2. The van der Waals surface area contributed by atoms with Gasteiger partial charge in [-0.1, -0.05) is 0 Å². The standard InChI is InChI=1S/C5H12N2O2S/c1-10(8,9)7-3-2-5(6)4-7/h5H,2-4,6H2,1H3/p+1/t5-/m1/s1. The summed E-state index contributed by atoms with van der Waals surface area (Å²) in [6.45, 7) is 1.24. The van der Waals surface area contributed by atoms with Gasteiger partial charge in [0.05, 0.1) is 18.8 Å². The lowest BCUT2D eigenvalue weighted by atomic mass is 10.3. The third-order valence-corrected chi connectivity index (χ3v) is 2.99. The first-order chi connectivity index (χ1) is 4.50. The Kier molecular flexibility index (Phi) is 1.98. The fourth-order valence-corrected chi connectivity index (χ4v) is 2.02. The van der Waals surface area contributed by atoms with Gasteiger partial charge in [0.1, 0.15) is 0 Å². The molecule has 0 bridgehead atoms. The van der Waals surface area contributed by atoms with Gasteiger partial charge in [0, 0.05) is 13.0 Å². The van der Waals surface area contributed by atoms with E-state index < -0.39 is 10.0 Å². The zero-order valence-corrected chi connectivity index (χ0v) is 6.89. The van der Waals surface area contributed by atoms with E-state index in [0.717, 1.165) is 6.42 Å². The molecule has 0 aliphatic carbocycles. The van der Waals surface area contributed by atoms with E-state index in [-0.39, 0.29) is 6.04 Å².